The lowest BCUT2D eigenvalue weighted by Crippen LogP contribution is -2.47. The van der Waals surface area contributed by atoms with Gasteiger partial charge in [0.05, 0.1) is 12.7 Å². The molecular formula is C25H33N3O. The molecule has 3 heterocycles. The van der Waals surface area contributed by atoms with E-state index in [0.29, 0.717) is 18.1 Å². The molecule has 3 aliphatic heterocycles. The third-order valence-electron chi connectivity index (χ3n) is 6.92. The first kappa shape index (κ1) is 19.1. The van der Waals surface area contributed by atoms with Crippen molar-refractivity contribution in [2.75, 3.05) is 37.7 Å². The standard InChI is InChI=1S/C25H33N3O/c1-19-6-5-9-23(14-19)27-12-10-21(11-13-27)26-22-15-24-18-29-25(17-28(24)16-22)20-7-3-2-4-8-20/h2-9,14,21-22,24-26H,10-13,15-18H2,1H3/t22-,24+,25-/m1/s1. The minimum atomic E-state index is 0.226. The quantitative estimate of drug-likeness (QED) is 0.859. The Morgan fingerprint density at radius 2 is 1.76 bits per heavy atom. The predicted octanol–water partition coefficient (Wildman–Crippen LogP) is 3.77. The third-order valence-corrected chi connectivity index (χ3v) is 6.92. The fourth-order valence-electron chi connectivity index (χ4n) is 5.33. The molecule has 3 aliphatic rings. The molecule has 3 saturated heterocycles. The van der Waals surface area contributed by atoms with Gasteiger partial charge in [-0.05, 0) is 49.4 Å². The molecule has 3 atom stereocenters. The molecule has 0 radical (unpaired) electrons. The molecule has 2 aromatic carbocycles. The second-order valence-electron chi connectivity index (χ2n) is 9.04. The Morgan fingerprint density at radius 1 is 0.931 bits per heavy atom. The summed E-state index contributed by atoms with van der Waals surface area (Å²) in [6, 6.07) is 21.4. The third kappa shape index (κ3) is 4.35. The van der Waals surface area contributed by atoms with Gasteiger partial charge in [0.1, 0.15) is 0 Å². The van der Waals surface area contributed by atoms with Crippen molar-refractivity contribution in [3.8, 4) is 0 Å². The molecule has 3 fully saturated rings. The highest BCUT2D eigenvalue weighted by Crippen LogP contribution is 2.31. The number of morpholine rings is 1. The van der Waals surface area contributed by atoms with Gasteiger partial charge < -0.3 is 15.0 Å². The van der Waals surface area contributed by atoms with E-state index in [-0.39, 0.29) is 6.10 Å². The van der Waals surface area contributed by atoms with Crippen molar-refractivity contribution >= 4 is 5.69 Å². The SMILES string of the molecule is Cc1cccc(N2CCC(N[C@@H]3C[C@H]4CO[C@@H](c5ccccc5)CN4C3)CC2)c1. The lowest BCUT2D eigenvalue weighted by atomic mass is 10.0. The topological polar surface area (TPSA) is 27.7 Å². The monoisotopic (exact) mass is 391 g/mol. The summed E-state index contributed by atoms with van der Waals surface area (Å²) in [4.78, 5) is 5.20. The summed E-state index contributed by atoms with van der Waals surface area (Å²) in [6.07, 6.45) is 3.92. The van der Waals surface area contributed by atoms with E-state index < -0.39 is 0 Å². The second-order valence-corrected chi connectivity index (χ2v) is 9.04. The molecule has 0 saturated carbocycles. The van der Waals surface area contributed by atoms with E-state index in [4.69, 9.17) is 4.74 Å². The Kier molecular flexibility index (Phi) is 5.58. The van der Waals surface area contributed by atoms with Crippen molar-refractivity contribution in [3.05, 3.63) is 65.7 Å². The summed E-state index contributed by atoms with van der Waals surface area (Å²) in [7, 11) is 0. The van der Waals surface area contributed by atoms with Crippen LogP contribution in [0.4, 0.5) is 5.69 Å². The van der Waals surface area contributed by atoms with Crippen molar-refractivity contribution in [1.29, 1.82) is 0 Å². The van der Waals surface area contributed by atoms with Gasteiger partial charge in [-0.1, -0.05) is 42.5 Å². The van der Waals surface area contributed by atoms with E-state index in [9.17, 15) is 0 Å². The zero-order valence-corrected chi connectivity index (χ0v) is 17.5. The number of anilines is 1. The zero-order valence-electron chi connectivity index (χ0n) is 17.5. The molecule has 4 heteroatoms. The first-order valence-electron chi connectivity index (χ1n) is 11.2. The molecular weight excluding hydrogens is 358 g/mol. The van der Waals surface area contributed by atoms with Gasteiger partial charge in [0, 0.05) is 50.0 Å². The van der Waals surface area contributed by atoms with Gasteiger partial charge >= 0.3 is 0 Å². The van der Waals surface area contributed by atoms with E-state index in [2.05, 4.69) is 76.6 Å². The summed E-state index contributed by atoms with van der Waals surface area (Å²) < 4.78 is 6.21. The average molecular weight is 392 g/mol. The van der Waals surface area contributed by atoms with E-state index in [1.165, 1.54) is 36.1 Å². The summed E-state index contributed by atoms with van der Waals surface area (Å²) in [5.74, 6) is 0. The van der Waals surface area contributed by atoms with Gasteiger partial charge in [0.25, 0.3) is 0 Å². The van der Waals surface area contributed by atoms with Gasteiger partial charge in [-0.15, -0.1) is 0 Å². The van der Waals surface area contributed by atoms with Crippen LogP contribution in [0.25, 0.3) is 0 Å². The summed E-state index contributed by atoms with van der Waals surface area (Å²) in [6.45, 7) is 7.54. The van der Waals surface area contributed by atoms with E-state index in [1.807, 2.05) is 0 Å². The minimum absolute atomic E-state index is 0.226. The molecule has 0 aliphatic carbocycles. The maximum Gasteiger partial charge on any atom is 0.0952 e. The number of hydrogen-bond donors (Lipinski definition) is 1. The predicted molar refractivity (Wildman–Crippen MR) is 118 cm³/mol. The molecule has 29 heavy (non-hydrogen) atoms. The second kappa shape index (κ2) is 8.47. The Morgan fingerprint density at radius 3 is 2.55 bits per heavy atom. The Hall–Kier alpha value is -1.88. The van der Waals surface area contributed by atoms with Gasteiger partial charge in [-0.25, -0.2) is 0 Å². The summed E-state index contributed by atoms with van der Waals surface area (Å²) in [5.41, 5.74) is 4.04. The Balaban J connectivity index is 1.12. The number of hydrogen-bond acceptors (Lipinski definition) is 4. The normalized spacial score (nSPS) is 28.4. The van der Waals surface area contributed by atoms with Gasteiger partial charge in [0.15, 0.2) is 0 Å². The van der Waals surface area contributed by atoms with Crippen LogP contribution in [-0.2, 0) is 4.74 Å². The van der Waals surface area contributed by atoms with E-state index >= 15 is 0 Å². The number of nitrogens with zero attached hydrogens (tertiary/aromatic N) is 2. The molecule has 4 nitrogen and oxygen atoms in total. The van der Waals surface area contributed by atoms with Crippen LogP contribution in [-0.4, -0.2) is 55.8 Å². The van der Waals surface area contributed by atoms with Gasteiger partial charge in [-0.2, -0.15) is 0 Å². The highest BCUT2D eigenvalue weighted by Gasteiger charge is 2.38. The number of aryl methyl sites for hydroxylation is 1. The lowest BCUT2D eigenvalue weighted by molar-refractivity contribution is -0.0502. The van der Waals surface area contributed by atoms with Gasteiger partial charge in [-0.3, -0.25) is 4.90 Å². The van der Waals surface area contributed by atoms with Crippen molar-refractivity contribution in [3.63, 3.8) is 0 Å². The van der Waals surface area contributed by atoms with Crippen molar-refractivity contribution in [2.45, 2.75) is 50.4 Å². The van der Waals surface area contributed by atoms with Crippen LogP contribution in [0.2, 0.25) is 0 Å². The van der Waals surface area contributed by atoms with Crippen molar-refractivity contribution in [2.24, 2.45) is 0 Å². The number of ether oxygens (including phenoxy) is 1. The number of rotatable bonds is 4. The number of piperidine rings is 1. The smallest absolute Gasteiger partial charge is 0.0952 e. The fourth-order valence-corrected chi connectivity index (χ4v) is 5.33. The molecule has 0 aromatic heterocycles. The molecule has 0 amide bonds. The summed E-state index contributed by atoms with van der Waals surface area (Å²) in [5, 5.41) is 3.99. The number of benzene rings is 2. The zero-order chi connectivity index (χ0) is 19.6. The Labute approximate surface area is 174 Å². The molecule has 0 unspecified atom stereocenters. The van der Waals surface area contributed by atoms with Crippen LogP contribution in [0.5, 0.6) is 0 Å². The molecule has 1 N–H and O–H groups in total. The summed E-state index contributed by atoms with van der Waals surface area (Å²) >= 11 is 0. The fraction of sp³-hybridized carbons (Fsp3) is 0.520. The lowest BCUT2D eigenvalue weighted by Gasteiger charge is -2.35. The van der Waals surface area contributed by atoms with Crippen molar-refractivity contribution in [1.82, 2.24) is 10.2 Å². The number of fused-ring (bicyclic) bond motifs is 1. The molecule has 5 rings (SSSR count). The van der Waals surface area contributed by atoms with Crippen LogP contribution < -0.4 is 10.2 Å². The molecule has 0 spiro atoms. The maximum atomic E-state index is 6.21. The highest BCUT2D eigenvalue weighted by atomic mass is 16.5. The van der Waals surface area contributed by atoms with Crippen molar-refractivity contribution < 1.29 is 4.74 Å². The minimum Gasteiger partial charge on any atom is -0.371 e. The molecule has 2 aromatic rings. The molecule has 154 valence electrons. The maximum absolute atomic E-state index is 6.21. The largest absolute Gasteiger partial charge is 0.371 e. The number of nitrogens with one attached hydrogen (secondary N) is 1. The van der Waals surface area contributed by atoms with Crippen LogP contribution in [0.3, 0.4) is 0 Å². The van der Waals surface area contributed by atoms with Crippen LogP contribution in [0.15, 0.2) is 54.6 Å². The first-order valence-corrected chi connectivity index (χ1v) is 11.2. The van der Waals surface area contributed by atoms with Gasteiger partial charge in [0.2, 0.25) is 0 Å². The van der Waals surface area contributed by atoms with E-state index in [1.54, 1.807) is 0 Å². The average Bonchev–Trinajstić information content (AvgIpc) is 3.16. The van der Waals surface area contributed by atoms with Crippen LogP contribution >= 0.6 is 0 Å². The highest BCUT2D eigenvalue weighted by molar-refractivity contribution is 5.48. The first-order chi connectivity index (χ1) is 14.2. The van der Waals surface area contributed by atoms with Crippen LogP contribution in [0.1, 0.15) is 36.5 Å². The van der Waals surface area contributed by atoms with E-state index in [0.717, 1.165) is 32.8 Å². The van der Waals surface area contributed by atoms with Crippen LogP contribution in [0, 0.1) is 6.92 Å². The molecule has 0 bridgehead atoms. The Bertz CT molecular complexity index is 803.